The summed E-state index contributed by atoms with van der Waals surface area (Å²) in [5.74, 6) is -0.880. The number of hydrogen-bond acceptors (Lipinski definition) is 6. The molecule has 0 radical (unpaired) electrons. The van der Waals surface area contributed by atoms with Gasteiger partial charge >= 0.3 is 0 Å². The number of anilines is 1. The van der Waals surface area contributed by atoms with E-state index in [4.69, 9.17) is 10.3 Å². The molecule has 2 aromatic heterocycles. The minimum atomic E-state index is -4.07. The minimum absolute atomic E-state index is 0.0111. The van der Waals surface area contributed by atoms with E-state index in [-0.39, 0.29) is 25.3 Å². The molecule has 0 fully saturated rings. The Morgan fingerprint density at radius 3 is 2.86 bits per heavy atom. The van der Waals surface area contributed by atoms with E-state index in [2.05, 4.69) is 20.3 Å². The molecule has 10 nitrogen and oxygen atoms in total. The lowest BCUT2D eigenvalue weighted by molar-refractivity contribution is -0.121. The van der Waals surface area contributed by atoms with Gasteiger partial charge in [-0.1, -0.05) is 0 Å². The minimum Gasteiger partial charge on any atom is -0.369 e. The molecule has 2 heterocycles. The summed E-state index contributed by atoms with van der Waals surface area (Å²) in [5, 5.41) is 2.86. The van der Waals surface area contributed by atoms with E-state index in [9.17, 15) is 18.0 Å². The van der Waals surface area contributed by atoms with Crippen LogP contribution in [0.2, 0.25) is 0 Å². The standard InChI is InChI=1S/C11H15N5O5S/c12-11-15-9-8(10(18)16-11)6(5-14-9)4-13-7(17)2-1-3-22(19,20)21/h5H,1-4H2,(H,13,17)(H,19,20,21)(H4,12,14,15,16,18). The monoisotopic (exact) mass is 329 g/mol. The lowest BCUT2D eigenvalue weighted by atomic mass is 10.2. The first-order chi connectivity index (χ1) is 10.3. The van der Waals surface area contributed by atoms with Gasteiger partial charge in [-0.15, -0.1) is 0 Å². The number of carbonyl (C=O) groups is 1. The molecule has 120 valence electrons. The number of carbonyl (C=O) groups excluding carboxylic acids is 1. The predicted octanol–water partition coefficient (Wildman–Crippen LogP) is -0.882. The Hall–Kier alpha value is -2.40. The highest BCUT2D eigenvalue weighted by Gasteiger charge is 2.12. The third-order valence-electron chi connectivity index (χ3n) is 2.92. The molecule has 2 aromatic rings. The Morgan fingerprint density at radius 2 is 2.18 bits per heavy atom. The summed E-state index contributed by atoms with van der Waals surface area (Å²) in [6.07, 6.45) is 1.49. The van der Waals surface area contributed by atoms with E-state index in [1.807, 2.05) is 0 Å². The number of nitrogens with zero attached hydrogens (tertiary/aromatic N) is 1. The molecule has 1 amide bonds. The number of nitrogen functional groups attached to an aromatic ring is 1. The molecular formula is C11H15N5O5S. The Kier molecular flexibility index (Phi) is 4.47. The molecule has 22 heavy (non-hydrogen) atoms. The van der Waals surface area contributed by atoms with Crippen molar-refractivity contribution in [1.29, 1.82) is 0 Å². The van der Waals surface area contributed by atoms with Crippen molar-refractivity contribution in [3.8, 4) is 0 Å². The van der Waals surface area contributed by atoms with Gasteiger partial charge in [0.2, 0.25) is 11.9 Å². The van der Waals surface area contributed by atoms with Crippen molar-refractivity contribution in [2.75, 3.05) is 11.5 Å². The summed E-state index contributed by atoms with van der Waals surface area (Å²) in [7, 11) is -4.07. The number of nitrogens with two attached hydrogens (primary N) is 1. The number of nitrogens with one attached hydrogen (secondary N) is 3. The van der Waals surface area contributed by atoms with Gasteiger partial charge in [0.25, 0.3) is 15.7 Å². The van der Waals surface area contributed by atoms with E-state index >= 15 is 0 Å². The summed E-state index contributed by atoms with van der Waals surface area (Å²) in [6, 6.07) is 0. The molecule has 0 aliphatic rings. The highest BCUT2D eigenvalue weighted by Crippen LogP contribution is 2.12. The SMILES string of the molecule is Nc1nc2[nH]cc(CNC(=O)CCCS(=O)(=O)O)c2c(=O)[nH]1. The largest absolute Gasteiger partial charge is 0.369 e. The molecule has 0 bridgehead atoms. The first-order valence-electron chi connectivity index (χ1n) is 6.34. The fourth-order valence-electron chi connectivity index (χ4n) is 1.96. The van der Waals surface area contributed by atoms with Gasteiger partial charge in [0.1, 0.15) is 5.65 Å². The zero-order valence-corrected chi connectivity index (χ0v) is 12.2. The van der Waals surface area contributed by atoms with Crippen molar-refractivity contribution in [2.45, 2.75) is 19.4 Å². The van der Waals surface area contributed by atoms with E-state index < -0.39 is 27.3 Å². The van der Waals surface area contributed by atoms with Crippen LogP contribution in [0, 0.1) is 0 Å². The molecule has 0 saturated carbocycles. The molecule has 0 aliphatic heterocycles. The second kappa shape index (κ2) is 6.15. The average molecular weight is 329 g/mol. The molecule has 0 atom stereocenters. The van der Waals surface area contributed by atoms with Gasteiger partial charge in [0.15, 0.2) is 0 Å². The summed E-state index contributed by atoms with van der Waals surface area (Å²) in [6.45, 7) is 0.0827. The Labute approximate surface area is 124 Å². The molecular weight excluding hydrogens is 314 g/mol. The van der Waals surface area contributed by atoms with Crippen LogP contribution in [0.1, 0.15) is 18.4 Å². The maximum atomic E-state index is 11.8. The lowest BCUT2D eigenvalue weighted by Crippen LogP contribution is -2.23. The smallest absolute Gasteiger partial charge is 0.264 e. The fraction of sp³-hybridized carbons (Fsp3) is 0.364. The van der Waals surface area contributed by atoms with Gasteiger partial charge in [0.05, 0.1) is 11.1 Å². The van der Waals surface area contributed by atoms with Gasteiger partial charge in [-0.2, -0.15) is 13.4 Å². The molecule has 11 heteroatoms. The van der Waals surface area contributed by atoms with Crippen LogP contribution in [0.4, 0.5) is 5.95 Å². The normalized spacial score (nSPS) is 11.7. The van der Waals surface area contributed by atoms with Crippen LogP contribution in [-0.4, -0.2) is 39.6 Å². The van der Waals surface area contributed by atoms with Crippen LogP contribution in [0.5, 0.6) is 0 Å². The van der Waals surface area contributed by atoms with Gasteiger partial charge in [0, 0.05) is 24.7 Å². The Morgan fingerprint density at radius 1 is 1.45 bits per heavy atom. The van der Waals surface area contributed by atoms with Gasteiger partial charge < -0.3 is 16.0 Å². The molecule has 0 saturated heterocycles. The third kappa shape index (κ3) is 4.05. The first kappa shape index (κ1) is 16.0. The Balaban J connectivity index is 1.98. The summed E-state index contributed by atoms with van der Waals surface area (Å²) < 4.78 is 29.6. The van der Waals surface area contributed by atoms with Crippen molar-refractivity contribution >= 4 is 33.0 Å². The zero-order valence-electron chi connectivity index (χ0n) is 11.4. The number of rotatable bonds is 6. The van der Waals surface area contributed by atoms with Crippen LogP contribution < -0.4 is 16.6 Å². The number of fused-ring (bicyclic) bond motifs is 1. The van der Waals surface area contributed by atoms with Crippen molar-refractivity contribution in [3.05, 3.63) is 22.1 Å². The average Bonchev–Trinajstić information content (AvgIpc) is 2.78. The van der Waals surface area contributed by atoms with Crippen molar-refractivity contribution in [3.63, 3.8) is 0 Å². The lowest BCUT2D eigenvalue weighted by Gasteiger charge is -2.03. The number of H-pyrrole nitrogens is 2. The molecule has 0 aliphatic carbocycles. The van der Waals surface area contributed by atoms with E-state index in [1.54, 1.807) is 0 Å². The zero-order chi connectivity index (χ0) is 16.3. The highest BCUT2D eigenvalue weighted by atomic mass is 32.2. The fourth-order valence-corrected chi connectivity index (χ4v) is 2.47. The second-order valence-corrected chi connectivity index (χ2v) is 6.23. The second-order valence-electron chi connectivity index (χ2n) is 4.66. The highest BCUT2D eigenvalue weighted by molar-refractivity contribution is 7.85. The summed E-state index contributed by atoms with van der Waals surface area (Å²) in [5.41, 5.74) is 5.85. The summed E-state index contributed by atoms with van der Waals surface area (Å²) in [4.78, 5) is 32.5. The van der Waals surface area contributed by atoms with E-state index in [1.165, 1.54) is 6.20 Å². The maximum absolute atomic E-state index is 11.8. The number of hydrogen-bond donors (Lipinski definition) is 5. The van der Waals surface area contributed by atoms with Gasteiger partial charge in [-0.3, -0.25) is 19.1 Å². The van der Waals surface area contributed by atoms with Gasteiger partial charge in [-0.05, 0) is 6.42 Å². The number of amides is 1. The van der Waals surface area contributed by atoms with Gasteiger partial charge in [-0.25, -0.2) is 0 Å². The van der Waals surface area contributed by atoms with Crippen LogP contribution in [0.25, 0.3) is 11.0 Å². The predicted molar refractivity (Wildman–Crippen MR) is 78.6 cm³/mol. The van der Waals surface area contributed by atoms with Crippen LogP contribution in [0.15, 0.2) is 11.0 Å². The quantitative estimate of drug-likeness (QED) is 0.428. The Bertz CT molecular complexity index is 853. The summed E-state index contributed by atoms with van der Waals surface area (Å²) >= 11 is 0. The van der Waals surface area contributed by atoms with Crippen LogP contribution in [-0.2, 0) is 21.5 Å². The van der Waals surface area contributed by atoms with Crippen molar-refractivity contribution < 1.29 is 17.8 Å². The third-order valence-corrected chi connectivity index (χ3v) is 3.73. The molecule has 6 N–H and O–H groups in total. The van der Waals surface area contributed by atoms with Crippen molar-refractivity contribution in [2.24, 2.45) is 0 Å². The molecule has 0 unspecified atom stereocenters. The van der Waals surface area contributed by atoms with E-state index in [0.29, 0.717) is 16.6 Å². The number of aromatic amines is 2. The first-order valence-corrected chi connectivity index (χ1v) is 7.95. The molecule has 0 spiro atoms. The van der Waals surface area contributed by atoms with Crippen LogP contribution >= 0.6 is 0 Å². The topological polar surface area (TPSA) is 171 Å². The van der Waals surface area contributed by atoms with Crippen LogP contribution in [0.3, 0.4) is 0 Å². The van der Waals surface area contributed by atoms with Crippen molar-refractivity contribution in [1.82, 2.24) is 20.3 Å². The molecule has 0 aromatic carbocycles. The maximum Gasteiger partial charge on any atom is 0.264 e. The number of aromatic nitrogens is 3. The van der Waals surface area contributed by atoms with E-state index in [0.717, 1.165) is 0 Å². The molecule has 2 rings (SSSR count).